The highest BCUT2D eigenvalue weighted by Crippen LogP contribution is 2.26. The van der Waals surface area contributed by atoms with Gasteiger partial charge in [-0.1, -0.05) is 27.2 Å². The summed E-state index contributed by atoms with van der Waals surface area (Å²) in [5.74, 6) is 1.52. The van der Waals surface area contributed by atoms with E-state index >= 15 is 0 Å². The summed E-state index contributed by atoms with van der Waals surface area (Å²) in [5.41, 5.74) is 6.14. The zero-order valence-electron chi connectivity index (χ0n) is 11.0. The summed E-state index contributed by atoms with van der Waals surface area (Å²) >= 11 is 0. The van der Waals surface area contributed by atoms with Crippen LogP contribution in [0.25, 0.3) is 0 Å². The maximum absolute atomic E-state index is 9.49. The van der Waals surface area contributed by atoms with Crippen molar-refractivity contribution in [2.45, 2.75) is 52.1 Å². The smallest absolute Gasteiger partial charge is 0.0601 e. The van der Waals surface area contributed by atoms with Gasteiger partial charge in [0.2, 0.25) is 0 Å². The Hall–Kier alpha value is -0.120. The maximum atomic E-state index is 9.49. The minimum atomic E-state index is 0.126. The van der Waals surface area contributed by atoms with Crippen LogP contribution in [0.5, 0.6) is 0 Å². The highest BCUT2D eigenvalue weighted by molar-refractivity contribution is 4.87. The second kappa shape index (κ2) is 6.58. The van der Waals surface area contributed by atoms with Crippen molar-refractivity contribution in [3.63, 3.8) is 0 Å². The van der Waals surface area contributed by atoms with Gasteiger partial charge in [0.15, 0.2) is 0 Å². The monoisotopic (exact) mass is 228 g/mol. The SMILES string of the molecule is CCCC(N)C(CO)N1CCC(C(C)C)C1. The molecule has 1 fully saturated rings. The van der Waals surface area contributed by atoms with Gasteiger partial charge in [-0.2, -0.15) is 0 Å². The second-order valence-corrected chi connectivity index (χ2v) is 5.49. The van der Waals surface area contributed by atoms with Crippen LogP contribution < -0.4 is 5.73 Å². The average Bonchev–Trinajstić information content (AvgIpc) is 2.68. The van der Waals surface area contributed by atoms with E-state index in [0.717, 1.165) is 37.8 Å². The van der Waals surface area contributed by atoms with Gasteiger partial charge in [0.05, 0.1) is 6.61 Å². The molecule has 0 amide bonds. The molecule has 3 N–H and O–H groups in total. The van der Waals surface area contributed by atoms with Crippen molar-refractivity contribution < 1.29 is 5.11 Å². The molecule has 0 aliphatic carbocycles. The molecular formula is C13H28N2O. The molecule has 1 saturated heterocycles. The Morgan fingerprint density at radius 1 is 1.44 bits per heavy atom. The number of likely N-dealkylation sites (tertiary alicyclic amines) is 1. The van der Waals surface area contributed by atoms with Crippen LogP contribution in [-0.2, 0) is 0 Å². The van der Waals surface area contributed by atoms with Crippen molar-refractivity contribution in [3.05, 3.63) is 0 Å². The van der Waals surface area contributed by atoms with Crippen LogP contribution in [0, 0.1) is 11.8 Å². The first-order chi connectivity index (χ1) is 7.60. The molecule has 1 aliphatic rings. The van der Waals surface area contributed by atoms with E-state index in [1.54, 1.807) is 0 Å². The summed E-state index contributed by atoms with van der Waals surface area (Å²) in [5, 5.41) is 9.49. The fourth-order valence-corrected chi connectivity index (χ4v) is 2.71. The number of aliphatic hydroxyl groups excluding tert-OH is 1. The van der Waals surface area contributed by atoms with Crippen molar-refractivity contribution in [2.24, 2.45) is 17.6 Å². The predicted molar refractivity (Wildman–Crippen MR) is 68.3 cm³/mol. The maximum Gasteiger partial charge on any atom is 0.0601 e. The van der Waals surface area contributed by atoms with Gasteiger partial charge >= 0.3 is 0 Å². The highest BCUT2D eigenvalue weighted by Gasteiger charge is 2.31. The molecule has 96 valence electrons. The third-order valence-corrected chi connectivity index (χ3v) is 3.97. The van der Waals surface area contributed by atoms with E-state index in [2.05, 4.69) is 25.7 Å². The Balaban J connectivity index is 2.49. The minimum Gasteiger partial charge on any atom is -0.395 e. The minimum absolute atomic E-state index is 0.126. The summed E-state index contributed by atoms with van der Waals surface area (Å²) in [6.45, 7) is 9.13. The van der Waals surface area contributed by atoms with E-state index in [1.165, 1.54) is 6.42 Å². The molecule has 0 aromatic rings. The van der Waals surface area contributed by atoms with Crippen molar-refractivity contribution in [2.75, 3.05) is 19.7 Å². The van der Waals surface area contributed by atoms with E-state index in [1.807, 2.05) is 0 Å². The predicted octanol–water partition coefficient (Wildman–Crippen LogP) is 1.45. The molecule has 0 bridgehead atoms. The normalized spacial score (nSPS) is 26.2. The van der Waals surface area contributed by atoms with Gasteiger partial charge in [-0.15, -0.1) is 0 Å². The molecule has 3 heteroatoms. The van der Waals surface area contributed by atoms with E-state index < -0.39 is 0 Å². The molecule has 3 nitrogen and oxygen atoms in total. The number of nitrogens with zero attached hydrogens (tertiary/aromatic N) is 1. The zero-order chi connectivity index (χ0) is 12.1. The molecule has 0 radical (unpaired) electrons. The molecule has 1 rings (SSSR count). The third-order valence-electron chi connectivity index (χ3n) is 3.97. The first-order valence-electron chi connectivity index (χ1n) is 6.70. The summed E-state index contributed by atoms with van der Waals surface area (Å²) in [4.78, 5) is 2.39. The lowest BCUT2D eigenvalue weighted by molar-refractivity contribution is 0.116. The number of hydrogen-bond donors (Lipinski definition) is 2. The molecule has 3 unspecified atom stereocenters. The summed E-state index contributed by atoms with van der Waals surface area (Å²) in [7, 11) is 0. The second-order valence-electron chi connectivity index (χ2n) is 5.49. The van der Waals surface area contributed by atoms with Crippen molar-refractivity contribution in [1.29, 1.82) is 0 Å². The van der Waals surface area contributed by atoms with E-state index in [4.69, 9.17) is 5.73 Å². The van der Waals surface area contributed by atoms with Crippen LogP contribution in [-0.4, -0.2) is 41.8 Å². The Morgan fingerprint density at radius 2 is 2.12 bits per heavy atom. The van der Waals surface area contributed by atoms with Gasteiger partial charge in [-0.05, 0) is 31.2 Å². The van der Waals surface area contributed by atoms with Crippen LogP contribution in [0.2, 0.25) is 0 Å². The lowest BCUT2D eigenvalue weighted by Gasteiger charge is -2.31. The van der Waals surface area contributed by atoms with Gasteiger partial charge < -0.3 is 10.8 Å². The molecule has 1 aliphatic heterocycles. The van der Waals surface area contributed by atoms with Gasteiger partial charge in [0, 0.05) is 18.6 Å². The molecule has 0 saturated carbocycles. The van der Waals surface area contributed by atoms with E-state index in [0.29, 0.717) is 0 Å². The molecule has 1 heterocycles. The number of aliphatic hydroxyl groups is 1. The fourth-order valence-electron chi connectivity index (χ4n) is 2.71. The van der Waals surface area contributed by atoms with Gasteiger partial charge in [0.1, 0.15) is 0 Å². The zero-order valence-corrected chi connectivity index (χ0v) is 11.0. The number of hydrogen-bond acceptors (Lipinski definition) is 3. The van der Waals surface area contributed by atoms with Crippen molar-refractivity contribution in [3.8, 4) is 0 Å². The van der Waals surface area contributed by atoms with Crippen LogP contribution in [0.4, 0.5) is 0 Å². The highest BCUT2D eigenvalue weighted by atomic mass is 16.3. The Kier molecular flexibility index (Phi) is 5.73. The van der Waals surface area contributed by atoms with Crippen LogP contribution in [0.3, 0.4) is 0 Å². The molecule has 0 spiro atoms. The third kappa shape index (κ3) is 3.44. The van der Waals surface area contributed by atoms with Crippen LogP contribution in [0.15, 0.2) is 0 Å². The Morgan fingerprint density at radius 3 is 2.56 bits per heavy atom. The molecular weight excluding hydrogens is 200 g/mol. The van der Waals surface area contributed by atoms with Gasteiger partial charge in [0.25, 0.3) is 0 Å². The van der Waals surface area contributed by atoms with Crippen LogP contribution >= 0.6 is 0 Å². The molecule has 3 atom stereocenters. The van der Waals surface area contributed by atoms with E-state index in [-0.39, 0.29) is 18.7 Å². The summed E-state index contributed by atoms with van der Waals surface area (Å²) in [6.07, 6.45) is 3.36. The summed E-state index contributed by atoms with van der Waals surface area (Å²) < 4.78 is 0. The van der Waals surface area contributed by atoms with Gasteiger partial charge in [-0.25, -0.2) is 0 Å². The fraction of sp³-hybridized carbons (Fsp3) is 1.00. The van der Waals surface area contributed by atoms with E-state index in [9.17, 15) is 5.11 Å². The molecule has 0 aromatic carbocycles. The topological polar surface area (TPSA) is 49.5 Å². The number of nitrogens with two attached hydrogens (primary N) is 1. The summed E-state index contributed by atoms with van der Waals surface area (Å²) in [6, 6.07) is 0.296. The van der Waals surface area contributed by atoms with Crippen molar-refractivity contribution >= 4 is 0 Å². The standard InChI is InChI=1S/C13H28N2O/c1-4-5-12(14)13(9-16)15-7-6-11(8-15)10(2)3/h10-13,16H,4-9,14H2,1-3H3. The Labute approximate surface area is 100 Å². The first-order valence-corrected chi connectivity index (χ1v) is 6.70. The van der Waals surface area contributed by atoms with Crippen molar-refractivity contribution in [1.82, 2.24) is 4.90 Å². The molecule has 16 heavy (non-hydrogen) atoms. The lowest BCUT2D eigenvalue weighted by Crippen LogP contribution is -2.49. The first kappa shape index (κ1) is 13.9. The largest absolute Gasteiger partial charge is 0.395 e. The molecule has 0 aromatic heterocycles. The Bertz CT molecular complexity index is 196. The van der Waals surface area contributed by atoms with Gasteiger partial charge in [-0.3, -0.25) is 4.90 Å². The average molecular weight is 228 g/mol. The quantitative estimate of drug-likeness (QED) is 0.723. The van der Waals surface area contributed by atoms with Crippen LogP contribution in [0.1, 0.15) is 40.0 Å². The lowest BCUT2D eigenvalue weighted by atomic mass is 9.95. The number of rotatable bonds is 6.